The second kappa shape index (κ2) is 7.40. The molecule has 19 heavy (non-hydrogen) atoms. The quantitative estimate of drug-likeness (QED) is 0.630. The third-order valence-electron chi connectivity index (χ3n) is 2.58. The second-order valence-electron chi connectivity index (χ2n) is 4.07. The van der Waals surface area contributed by atoms with Gasteiger partial charge in [0.05, 0.1) is 0 Å². The van der Waals surface area contributed by atoms with Crippen LogP contribution in [0.5, 0.6) is 0 Å². The van der Waals surface area contributed by atoms with Crippen LogP contribution in [0.2, 0.25) is 5.02 Å². The maximum absolute atomic E-state index is 5.83. The SMILES string of the molecule is Clc1ccc(/C=C/C=C/C=C/c2ccccc2)cc1. The fraction of sp³-hybridized carbons (Fsp3) is 0. The van der Waals surface area contributed by atoms with E-state index in [2.05, 4.69) is 18.2 Å². The highest BCUT2D eigenvalue weighted by Gasteiger charge is 1.85. The van der Waals surface area contributed by atoms with Crippen molar-refractivity contribution in [3.05, 3.63) is 95.1 Å². The Morgan fingerprint density at radius 1 is 0.579 bits per heavy atom. The van der Waals surface area contributed by atoms with Crippen LogP contribution in [0.15, 0.2) is 78.9 Å². The summed E-state index contributed by atoms with van der Waals surface area (Å²) in [6.07, 6.45) is 12.2. The Balaban J connectivity index is 1.87. The second-order valence-corrected chi connectivity index (χ2v) is 4.50. The van der Waals surface area contributed by atoms with Crippen molar-refractivity contribution in [2.24, 2.45) is 0 Å². The molecule has 0 aliphatic heterocycles. The maximum atomic E-state index is 5.83. The van der Waals surface area contributed by atoms with E-state index in [9.17, 15) is 0 Å². The van der Waals surface area contributed by atoms with Gasteiger partial charge in [-0.05, 0) is 23.3 Å². The van der Waals surface area contributed by atoms with E-state index in [0.717, 1.165) is 10.6 Å². The molecule has 0 radical (unpaired) electrons. The molecule has 94 valence electrons. The van der Waals surface area contributed by atoms with Gasteiger partial charge in [-0.1, -0.05) is 90.5 Å². The molecule has 0 spiro atoms. The lowest BCUT2D eigenvalue weighted by molar-refractivity contribution is 1.65. The fourth-order valence-electron chi connectivity index (χ4n) is 1.60. The van der Waals surface area contributed by atoms with E-state index < -0.39 is 0 Å². The molecule has 0 aromatic heterocycles. The summed E-state index contributed by atoms with van der Waals surface area (Å²) in [5.74, 6) is 0. The highest BCUT2D eigenvalue weighted by atomic mass is 35.5. The van der Waals surface area contributed by atoms with E-state index in [1.165, 1.54) is 5.56 Å². The van der Waals surface area contributed by atoms with E-state index >= 15 is 0 Å². The minimum atomic E-state index is 0.762. The molecule has 1 heteroatoms. The summed E-state index contributed by atoms with van der Waals surface area (Å²) in [4.78, 5) is 0. The Hall–Kier alpha value is -2.05. The summed E-state index contributed by atoms with van der Waals surface area (Å²) in [5.41, 5.74) is 2.34. The van der Waals surface area contributed by atoms with Gasteiger partial charge >= 0.3 is 0 Å². The molecule has 2 aromatic rings. The number of allylic oxidation sites excluding steroid dienone is 4. The van der Waals surface area contributed by atoms with E-state index in [4.69, 9.17) is 11.6 Å². The van der Waals surface area contributed by atoms with E-state index in [-0.39, 0.29) is 0 Å². The molecule has 0 aliphatic carbocycles. The van der Waals surface area contributed by atoms with Crippen LogP contribution in [0.4, 0.5) is 0 Å². The van der Waals surface area contributed by atoms with Crippen LogP contribution in [0.3, 0.4) is 0 Å². The van der Waals surface area contributed by atoms with E-state index in [1.807, 2.05) is 72.8 Å². The lowest BCUT2D eigenvalue weighted by Gasteiger charge is -1.91. The zero-order chi connectivity index (χ0) is 13.3. The van der Waals surface area contributed by atoms with Crippen LogP contribution >= 0.6 is 11.6 Å². The van der Waals surface area contributed by atoms with Crippen LogP contribution in [0.25, 0.3) is 12.2 Å². The molecule has 0 aliphatic rings. The van der Waals surface area contributed by atoms with Crippen LogP contribution in [-0.2, 0) is 0 Å². The molecule has 0 heterocycles. The van der Waals surface area contributed by atoms with Crippen molar-refractivity contribution in [3.8, 4) is 0 Å². The minimum Gasteiger partial charge on any atom is -0.0843 e. The molecule has 0 bridgehead atoms. The maximum Gasteiger partial charge on any atom is 0.0406 e. The lowest BCUT2D eigenvalue weighted by Crippen LogP contribution is -1.69. The van der Waals surface area contributed by atoms with Gasteiger partial charge in [-0.2, -0.15) is 0 Å². The first kappa shape index (κ1) is 13.4. The van der Waals surface area contributed by atoms with Gasteiger partial charge in [0.15, 0.2) is 0 Å². The van der Waals surface area contributed by atoms with Gasteiger partial charge in [0, 0.05) is 5.02 Å². The summed E-state index contributed by atoms with van der Waals surface area (Å²) in [5, 5.41) is 0.762. The lowest BCUT2D eigenvalue weighted by atomic mass is 10.2. The number of hydrogen-bond acceptors (Lipinski definition) is 0. The molecule has 0 saturated heterocycles. The summed E-state index contributed by atoms with van der Waals surface area (Å²) in [6.45, 7) is 0. The van der Waals surface area contributed by atoms with Gasteiger partial charge in [0.25, 0.3) is 0 Å². The van der Waals surface area contributed by atoms with Crippen molar-refractivity contribution < 1.29 is 0 Å². The van der Waals surface area contributed by atoms with Gasteiger partial charge < -0.3 is 0 Å². The third kappa shape index (κ3) is 4.99. The molecule has 0 saturated carbocycles. The van der Waals surface area contributed by atoms with Crippen molar-refractivity contribution in [3.63, 3.8) is 0 Å². The topological polar surface area (TPSA) is 0 Å². The Morgan fingerprint density at radius 3 is 1.68 bits per heavy atom. The zero-order valence-electron chi connectivity index (χ0n) is 10.5. The predicted molar refractivity (Wildman–Crippen MR) is 85.1 cm³/mol. The Bertz CT molecular complexity index is 575. The third-order valence-corrected chi connectivity index (χ3v) is 2.83. The normalized spacial score (nSPS) is 11.8. The molecule has 0 unspecified atom stereocenters. The molecule has 0 N–H and O–H groups in total. The molecule has 0 amide bonds. The number of rotatable bonds is 4. The zero-order valence-corrected chi connectivity index (χ0v) is 11.3. The van der Waals surface area contributed by atoms with Crippen molar-refractivity contribution in [1.29, 1.82) is 0 Å². The Morgan fingerprint density at radius 2 is 1.11 bits per heavy atom. The average molecular weight is 267 g/mol. The number of halogens is 1. The highest BCUT2D eigenvalue weighted by Crippen LogP contribution is 2.10. The first-order chi connectivity index (χ1) is 9.34. The van der Waals surface area contributed by atoms with E-state index in [1.54, 1.807) is 0 Å². The largest absolute Gasteiger partial charge is 0.0843 e. The first-order valence-corrected chi connectivity index (χ1v) is 6.54. The van der Waals surface area contributed by atoms with Crippen molar-refractivity contribution in [2.45, 2.75) is 0 Å². The summed E-state index contributed by atoms with van der Waals surface area (Å²) in [7, 11) is 0. The molecule has 2 aromatic carbocycles. The number of benzene rings is 2. The molecule has 0 fully saturated rings. The van der Waals surface area contributed by atoms with Crippen LogP contribution in [-0.4, -0.2) is 0 Å². The molecular formula is C18H15Cl. The molecule has 0 atom stereocenters. The van der Waals surface area contributed by atoms with Crippen LogP contribution < -0.4 is 0 Å². The van der Waals surface area contributed by atoms with Gasteiger partial charge in [-0.3, -0.25) is 0 Å². The Labute approximate surface area is 119 Å². The monoisotopic (exact) mass is 266 g/mol. The van der Waals surface area contributed by atoms with Crippen molar-refractivity contribution in [1.82, 2.24) is 0 Å². The van der Waals surface area contributed by atoms with Gasteiger partial charge in [0.1, 0.15) is 0 Å². The van der Waals surface area contributed by atoms with Crippen molar-refractivity contribution >= 4 is 23.8 Å². The molecular weight excluding hydrogens is 252 g/mol. The highest BCUT2D eigenvalue weighted by molar-refractivity contribution is 6.30. The minimum absolute atomic E-state index is 0.762. The number of hydrogen-bond donors (Lipinski definition) is 0. The fourth-order valence-corrected chi connectivity index (χ4v) is 1.73. The standard InChI is InChI=1S/C18H15Cl/c19-18-14-12-17(13-15-18)11-5-2-1-4-8-16-9-6-3-7-10-16/h1-15H/b2-1+,8-4+,11-5+. The van der Waals surface area contributed by atoms with Gasteiger partial charge in [0.2, 0.25) is 0 Å². The van der Waals surface area contributed by atoms with Gasteiger partial charge in [-0.25, -0.2) is 0 Å². The Kier molecular flexibility index (Phi) is 5.21. The van der Waals surface area contributed by atoms with Crippen LogP contribution in [0.1, 0.15) is 11.1 Å². The van der Waals surface area contributed by atoms with Crippen molar-refractivity contribution in [2.75, 3.05) is 0 Å². The predicted octanol–water partition coefficient (Wildman–Crippen LogP) is 5.62. The smallest absolute Gasteiger partial charge is 0.0406 e. The van der Waals surface area contributed by atoms with Gasteiger partial charge in [-0.15, -0.1) is 0 Å². The molecule has 2 rings (SSSR count). The summed E-state index contributed by atoms with van der Waals surface area (Å²) < 4.78 is 0. The summed E-state index contributed by atoms with van der Waals surface area (Å²) in [6, 6.07) is 18.0. The van der Waals surface area contributed by atoms with E-state index in [0.29, 0.717) is 0 Å². The van der Waals surface area contributed by atoms with Crippen LogP contribution in [0, 0.1) is 0 Å². The molecule has 0 nitrogen and oxygen atoms in total. The average Bonchev–Trinajstić information content (AvgIpc) is 2.46. The summed E-state index contributed by atoms with van der Waals surface area (Å²) >= 11 is 5.83. The first-order valence-electron chi connectivity index (χ1n) is 6.17.